The fraction of sp³-hybridized carbons (Fsp3) is 0.125. The van der Waals surface area contributed by atoms with Crippen LogP contribution in [0.5, 0.6) is 0 Å². The first kappa shape index (κ1) is 12.8. The third-order valence-electron chi connectivity index (χ3n) is 3.29. The number of aromatic nitrogens is 1. The predicted molar refractivity (Wildman–Crippen MR) is 73.0 cm³/mol. The van der Waals surface area contributed by atoms with E-state index >= 15 is 0 Å². The van der Waals surface area contributed by atoms with Crippen LogP contribution in [-0.4, -0.2) is 4.57 Å². The van der Waals surface area contributed by atoms with Crippen LogP contribution in [0.3, 0.4) is 0 Å². The summed E-state index contributed by atoms with van der Waals surface area (Å²) in [7, 11) is 0. The Bertz CT molecular complexity index is 751. The van der Waals surface area contributed by atoms with E-state index in [4.69, 9.17) is 0 Å². The largest absolute Gasteiger partial charge is 0.431 e. The summed E-state index contributed by atoms with van der Waals surface area (Å²) in [4.78, 5) is 0. The summed E-state index contributed by atoms with van der Waals surface area (Å²) in [6, 6.07) is 15.1. The molecule has 0 saturated carbocycles. The molecule has 3 rings (SSSR count). The highest BCUT2D eigenvalue weighted by atomic mass is 19.4. The van der Waals surface area contributed by atoms with Crippen molar-refractivity contribution in [3.8, 4) is 5.69 Å². The summed E-state index contributed by atoms with van der Waals surface area (Å²) < 4.78 is 41.0. The molecule has 0 aliphatic rings. The Kier molecular flexibility index (Phi) is 2.82. The van der Waals surface area contributed by atoms with E-state index in [1.807, 2.05) is 19.1 Å². The van der Waals surface area contributed by atoms with E-state index in [1.54, 1.807) is 36.4 Å². The third kappa shape index (κ3) is 2.07. The maximum Gasteiger partial charge on any atom is 0.431 e. The van der Waals surface area contributed by atoms with Crippen LogP contribution in [0.15, 0.2) is 54.6 Å². The van der Waals surface area contributed by atoms with E-state index in [0.717, 1.165) is 5.56 Å². The van der Waals surface area contributed by atoms with Crippen LogP contribution >= 0.6 is 0 Å². The molecule has 0 saturated heterocycles. The molecular weight excluding hydrogens is 263 g/mol. The van der Waals surface area contributed by atoms with Gasteiger partial charge in [0.25, 0.3) is 0 Å². The molecule has 1 heterocycles. The molecule has 0 atom stereocenters. The van der Waals surface area contributed by atoms with E-state index in [-0.39, 0.29) is 0 Å². The van der Waals surface area contributed by atoms with Crippen LogP contribution in [0.1, 0.15) is 11.3 Å². The summed E-state index contributed by atoms with van der Waals surface area (Å²) in [6.45, 7) is 1.90. The van der Waals surface area contributed by atoms with Crippen molar-refractivity contribution < 1.29 is 13.2 Å². The van der Waals surface area contributed by atoms with E-state index in [9.17, 15) is 13.2 Å². The van der Waals surface area contributed by atoms with Gasteiger partial charge in [-0.2, -0.15) is 13.2 Å². The Morgan fingerprint density at radius 1 is 0.900 bits per heavy atom. The number of halogens is 3. The summed E-state index contributed by atoms with van der Waals surface area (Å²) in [6.07, 6.45) is -4.39. The lowest BCUT2D eigenvalue weighted by Gasteiger charge is -2.13. The molecule has 0 spiro atoms. The number of benzene rings is 2. The SMILES string of the molecule is Cc1ccc(-n2c(C(F)(F)F)cc3ccccc32)cc1. The number of para-hydroxylation sites is 1. The van der Waals surface area contributed by atoms with E-state index in [0.29, 0.717) is 16.6 Å². The molecule has 3 aromatic rings. The van der Waals surface area contributed by atoms with E-state index < -0.39 is 11.9 Å². The predicted octanol–water partition coefficient (Wildman–Crippen LogP) is 4.96. The molecule has 1 aromatic heterocycles. The van der Waals surface area contributed by atoms with Gasteiger partial charge < -0.3 is 4.57 Å². The zero-order valence-corrected chi connectivity index (χ0v) is 10.8. The molecule has 0 aliphatic carbocycles. The van der Waals surface area contributed by atoms with Gasteiger partial charge in [0.1, 0.15) is 5.69 Å². The maximum absolute atomic E-state index is 13.2. The van der Waals surface area contributed by atoms with Gasteiger partial charge in [0.05, 0.1) is 5.52 Å². The molecular formula is C16H12F3N. The van der Waals surface area contributed by atoms with Crippen molar-refractivity contribution in [3.63, 3.8) is 0 Å². The minimum atomic E-state index is -4.39. The first-order chi connectivity index (χ1) is 9.47. The lowest BCUT2D eigenvalue weighted by atomic mass is 10.2. The Morgan fingerprint density at radius 3 is 2.20 bits per heavy atom. The van der Waals surface area contributed by atoms with Gasteiger partial charge in [-0.3, -0.25) is 0 Å². The van der Waals surface area contributed by atoms with Gasteiger partial charge in [0, 0.05) is 11.1 Å². The highest BCUT2D eigenvalue weighted by Crippen LogP contribution is 2.36. The van der Waals surface area contributed by atoms with Crippen LogP contribution in [0.2, 0.25) is 0 Å². The van der Waals surface area contributed by atoms with Crippen LogP contribution in [0, 0.1) is 6.92 Å². The second-order valence-electron chi connectivity index (χ2n) is 4.76. The lowest BCUT2D eigenvalue weighted by molar-refractivity contribution is -0.142. The average molecular weight is 275 g/mol. The van der Waals surface area contributed by atoms with Crippen LogP contribution in [-0.2, 0) is 6.18 Å². The number of alkyl halides is 3. The molecule has 0 fully saturated rings. The summed E-state index contributed by atoms with van der Waals surface area (Å²) in [5.74, 6) is 0. The van der Waals surface area contributed by atoms with Crippen molar-refractivity contribution in [1.29, 1.82) is 0 Å². The van der Waals surface area contributed by atoms with Crippen molar-refractivity contribution >= 4 is 10.9 Å². The highest BCUT2D eigenvalue weighted by Gasteiger charge is 2.35. The molecule has 4 heteroatoms. The quantitative estimate of drug-likeness (QED) is 0.591. The van der Waals surface area contributed by atoms with Crippen molar-refractivity contribution in [2.45, 2.75) is 13.1 Å². The first-order valence-electron chi connectivity index (χ1n) is 6.21. The van der Waals surface area contributed by atoms with Crippen molar-refractivity contribution in [1.82, 2.24) is 4.57 Å². The van der Waals surface area contributed by atoms with Gasteiger partial charge in [-0.25, -0.2) is 0 Å². The molecule has 0 aliphatic heterocycles. The standard InChI is InChI=1S/C16H12F3N/c1-11-6-8-13(9-7-11)20-14-5-3-2-4-12(14)10-15(20)16(17,18)19/h2-10H,1H3. The van der Waals surface area contributed by atoms with Crippen molar-refractivity contribution in [3.05, 3.63) is 65.9 Å². The Labute approximate surface area is 114 Å². The maximum atomic E-state index is 13.2. The van der Waals surface area contributed by atoms with Gasteiger partial charge in [0.15, 0.2) is 0 Å². The molecule has 0 radical (unpaired) electrons. The second kappa shape index (κ2) is 4.40. The van der Waals surface area contributed by atoms with Crippen molar-refractivity contribution in [2.75, 3.05) is 0 Å². The normalized spacial score (nSPS) is 12.0. The molecule has 102 valence electrons. The summed E-state index contributed by atoms with van der Waals surface area (Å²) in [5.41, 5.74) is 1.44. The number of aryl methyl sites for hydroxylation is 1. The lowest BCUT2D eigenvalue weighted by Crippen LogP contribution is -2.12. The topological polar surface area (TPSA) is 4.93 Å². The molecule has 0 N–H and O–H groups in total. The van der Waals surface area contributed by atoms with Crippen LogP contribution in [0.25, 0.3) is 16.6 Å². The monoisotopic (exact) mass is 275 g/mol. The third-order valence-corrected chi connectivity index (χ3v) is 3.29. The summed E-state index contributed by atoms with van der Waals surface area (Å²) in [5, 5.41) is 0.584. The zero-order valence-electron chi connectivity index (χ0n) is 10.8. The van der Waals surface area contributed by atoms with Gasteiger partial charge in [-0.15, -0.1) is 0 Å². The molecule has 2 aromatic carbocycles. The molecule has 0 amide bonds. The number of fused-ring (bicyclic) bond motifs is 1. The van der Waals surface area contributed by atoms with E-state index in [1.165, 1.54) is 10.6 Å². The fourth-order valence-electron chi connectivity index (χ4n) is 2.34. The zero-order chi connectivity index (χ0) is 14.3. The Hall–Kier alpha value is -2.23. The Morgan fingerprint density at radius 2 is 1.55 bits per heavy atom. The minimum Gasteiger partial charge on any atom is -0.305 e. The van der Waals surface area contributed by atoms with Gasteiger partial charge in [-0.05, 0) is 31.2 Å². The molecule has 0 bridgehead atoms. The summed E-state index contributed by atoms with van der Waals surface area (Å²) >= 11 is 0. The second-order valence-corrected chi connectivity index (χ2v) is 4.76. The molecule has 0 unspecified atom stereocenters. The number of nitrogens with zero attached hydrogens (tertiary/aromatic N) is 1. The van der Waals surface area contributed by atoms with E-state index in [2.05, 4.69) is 0 Å². The Balaban J connectivity index is 2.34. The smallest absolute Gasteiger partial charge is 0.305 e. The number of hydrogen-bond donors (Lipinski definition) is 0. The van der Waals surface area contributed by atoms with Gasteiger partial charge >= 0.3 is 6.18 Å². The first-order valence-corrected chi connectivity index (χ1v) is 6.21. The minimum absolute atomic E-state index is 0.518. The average Bonchev–Trinajstić information content (AvgIpc) is 2.79. The van der Waals surface area contributed by atoms with Gasteiger partial charge in [-0.1, -0.05) is 35.9 Å². The number of rotatable bonds is 1. The van der Waals surface area contributed by atoms with Gasteiger partial charge in [0.2, 0.25) is 0 Å². The van der Waals surface area contributed by atoms with Crippen LogP contribution < -0.4 is 0 Å². The molecule has 20 heavy (non-hydrogen) atoms. The highest BCUT2D eigenvalue weighted by molar-refractivity contribution is 5.83. The van der Waals surface area contributed by atoms with Crippen LogP contribution in [0.4, 0.5) is 13.2 Å². The fourth-order valence-corrected chi connectivity index (χ4v) is 2.34. The number of hydrogen-bond acceptors (Lipinski definition) is 0. The molecule has 1 nitrogen and oxygen atoms in total. The van der Waals surface area contributed by atoms with Crippen molar-refractivity contribution in [2.24, 2.45) is 0 Å².